The Kier molecular flexibility index (Phi) is 5.40. The molecule has 0 N–H and O–H groups in total. The average molecular weight is 210 g/mol. The third-order valence-electron chi connectivity index (χ3n) is 2.56. The zero-order valence-electron chi connectivity index (χ0n) is 10.1. The Balaban J connectivity index is 0.000000531. The van der Waals surface area contributed by atoms with Gasteiger partial charge in [-0.15, -0.1) is 0 Å². The van der Waals surface area contributed by atoms with E-state index in [-0.39, 0.29) is 0 Å². The first-order valence-corrected chi connectivity index (χ1v) is 5.92. The standard InChI is InChI=1S/C10H16N2O.C2H6/c1-9-2-5-12(11-9)8-10-3-6-13-7-4-10;1-2/h2,5,10H,3-4,6-8H2,1H3;1-2H3. The van der Waals surface area contributed by atoms with Crippen LogP contribution in [-0.4, -0.2) is 23.0 Å². The molecule has 0 radical (unpaired) electrons. The molecular weight excluding hydrogens is 188 g/mol. The molecule has 1 saturated heterocycles. The van der Waals surface area contributed by atoms with Crippen LogP contribution in [0.2, 0.25) is 0 Å². The molecule has 1 fully saturated rings. The van der Waals surface area contributed by atoms with Gasteiger partial charge in [-0.05, 0) is 31.7 Å². The Morgan fingerprint density at radius 1 is 1.40 bits per heavy atom. The Morgan fingerprint density at radius 2 is 2.07 bits per heavy atom. The van der Waals surface area contributed by atoms with Gasteiger partial charge < -0.3 is 4.74 Å². The lowest BCUT2D eigenvalue weighted by molar-refractivity contribution is 0.0601. The maximum absolute atomic E-state index is 5.31. The molecule has 0 bridgehead atoms. The van der Waals surface area contributed by atoms with E-state index in [1.54, 1.807) is 0 Å². The first-order valence-electron chi connectivity index (χ1n) is 5.92. The van der Waals surface area contributed by atoms with Gasteiger partial charge in [0.05, 0.1) is 5.69 Å². The maximum Gasteiger partial charge on any atom is 0.0593 e. The Labute approximate surface area is 92.4 Å². The van der Waals surface area contributed by atoms with E-state index in [1.807, 2.05) is 25.5 Å². The molecule has 3 nitrogen and oxygen atoms in total. The Bertz CT molecular complexity index is 264. The second kappa shape index (κ2) is 6.62. The first-order chi connectivity index (χ1) is 7.34. The SMILES string of the molecule is CC.Cc1ccn(CC2CCOCC2)n1. The lowest BCUT2D eigenvalue weighted by Crippen LogP contribution is -2.20. The zero-order valence-corrected chi connectivity index (χ0v) is 10.1. The van der Waals surface area contributed by atoms with Gasteiger partial charge in [0.25, 0.3) is 0 Å². The molecule has 1 aromatic heterocycles. The molecule has 3 heteroatoms. The van der Waals surface area contributed by atoms with Crippen LogP contribution in [0.5, 0.6) is 0 Å². The lowest BCUT2D eigenvalue weighted by Gasteiger charge is -2.21. The van der Waals surface area contributed by atoms with E-state index in [2.05, 4.69) is 17.4 Å². The molecule has 0 saturated carbocycles. The number of hydrogen-bond donors (Lipinski definition) is 0. The number of hydrogen-bond acceptors (Lipinski definition) is 2. The van der Waals surface area contributed by atoms with Crippen molar-refractivity contribution in [2.45, 2.75) is 40.2 Å². The third kappa shape index (κ3) is 4.04. The van der Waals surface area contributed by atoms with Crippen LogP contribution in [0.25, 0.3) is 0 Å². The van der Waals surface area contributed by atoms with E-state index < -0.39 is 0 Å². The molecule has 86 valence electrons. The van der Waals surface area contributed by atoms with E-state index in [9.17, 15) is 0 Å². The van der Waals surface area contributed by atoms with Crippen LogP contribution < -0.4 is 0 Å². The summed E-state index contributed by atoms with van der Waals surface area (Å²) < 4.78 is 7.36. The Morgan fingerprint density at radius 3 is 2.60 bits per heavy atom. The van der Waals surface area contributed by atoms with E-state index in [1.165, 1.54) is 12.8 Å². The summed E-state index contributed by atoms with van der Waals surface area (Å²) >= 11 is 0. The summed E-state index contributed by atoms with van der Waals surface area (Å²) in [5.41, 5.74) is 1.10. The van der Waals surface area contributed by atoms with Crippen molar-refractivity contribution in [2.24, 2.45) is 5.92 Å². The molecule has 0 amide bonds. The minimum atomic E-state index is 0.757. The van der Waals surface area contributed by atoms with Gasteiger partial charge in [0.1, 0.15) is 0 Å². The summed E-state index contributed by atoms with van der Waals surface area (Å²) in [5.74, 6) is 0.757. The summed E-state index contributed by atoms with van der Waals surface area (Å²) in [7, 11) is 0. The zero-order chi connectivity index (χ0) is 11.1. The van der Waals surface area contributed by atoms with E-state index in [0.717, 1.165) is 31.4 Å². The quantitative estimate of drug-likeness (QED) is 0.750. The maximum atomic E-state index is 5.31. The van der Waals surface area contributed by atoms with Gasteiger partial charge in [0.2, 0.25) is 0 Å². The number of aryl methyl sites for hydroxylation is 1. The topological polar surface area (TPSA) is 27.1 Å². The number of aromatic nitrogens is 2. The fourth-order valence-electron chi connectivity index (χ4n) is 1.76. The van der Waals surface area contributed by atoms with Gasteiger partial charge in [-0.3, -0.25) is 4.68 Å². The van der Waals surface area contributed by atoms with E-state index in [4.69, 9.17) is 4.74 Å². The highest BCUT2D eigenvalue weighted by atomic mass is 16.5. The van der Waals surface area contributed by atoms with Crippen LogP contribution >= 0.6 is 0 Å². The predicted molar refractivity (Wildman–Crippen MR) is 61.9 cm³/mol. The van der Waals surface area contributed by atoms with Crippen molar-refractivity contribution < 1.29 is 4.74 Å². The first kappa shape index (κ1) is 12.2. The minimum Gasteiger partial charge on any atom is -0.381 e. The molecule has 1 aromatic rings. The summed E-state index contributed by atoms with van der Waals surface area (Å²) in [6.07, 6.45) is 4.42. The molecule has 0 atom stereocenters. The number of rotatable bonds is 2. The fraction of sp³-hybridized carbons (Fsp3) is 0.750. The largest absolute Gasteiger partial charge is 0.381 e. The van der Waals surface area contributed by atoms with Crippen molar-refractivity contribution >= 4 is 0 Å². The van der Waals surface area contributed by atoms with Gasteiger partial charge in [-0.25, -0.2) is 0 Å². The van der Waals surface area contributed by atoms with Crippen LogP contribution in [0.15, 0.2) is 12.3 Å². The third-order valence-corrected chi connectivity index (χ3v) is 2.56. The molecule has 1 aliphatic rings. The summed E-state index contributed by atoms with van der Waals surface area (Å²) in [6.45, 7) is 8.92. The second-order valence-electron chi connectivity index (χ2n) is 3.73. The smallest absolute Gasteiger partial charge is 0.0593 e. The van der Waals surface area contributed by atoms with Crippen molar-refractivity contribution in [1.29, 1.82) is 0 Å². The number of nitrogens with zero attached hydrogens (tertiary/aromatic N) is 2. The fourth-order valence-corrected chi connectivity index (χ4v) is 1.76. The Hall–Kier alpha value is -0.830. The monoisotopic (exact) mass is 210 g/mol. The molecular formula is C12H22N2O. The molecule has 2 heterocycles. The van der Waals surface area contributed by atoms with Crippen LogP contribution in [0.4, 0.5) is 0 Å². The number of ether oxygens (including phenoxy) is 1. The highest BCUT2D eigenvalue weighted by Gasteiger charge is 2.14. The van der Waals surface area contributed by atoms with Gasteiger partial charge in [0.15, 0.2) is 0 Å². The highest BCUT2D eigenvalue weighted by molar-refractivity contribution is 4.94. The van der Waals surface area contributed by atoms with Crippen molar-refractivity contribution in [3.05, 3.63) is 18.0 Å². The van der Waals surface area contributed by atoms with Crippen LogP contribution in [0.3, 0.4) is 0 Å². The normalized spacial score (nSPS) is 17.0. The molecule has 1 aliphatic heterocycles. The van der Waals surface area contributed by atoms with Gasteiger partial charge in [-0.2, -0.15) is 5.10 Å². The molecule has 2 rings (SSSR count). The molecule has 0 aromatic carbocycles. The summed E-state index contributed by atoms with van der Waals surface area (Å²) in [6, 6.07) is 2.05. The second-order valence-corrected chi connectivity index (χ2v) is 3.73. The van der Waals surface area contributed by atoms with Crippen LogP contribution in [0.1, 0.15) is 32.4 Å². The van der Waals surface area contributed by atoms with Gasteiger partial charge in [0, 0.05) is 26.0 Å². The van der Waals surface area contributed by atoms with Crippen molar-refractivity contribution in [3.8, 4) is 0 Å². The minimum absolute atomic E-state index is 0.757. The van der Waals surface area contributed by atoms with E-state index in [0.29, 0.717) is 0 Å². The van der Waals surface area contributed by atoms with Crippen LogP contribution in [-0.2, 0) is 11.3 Å². The average Bonchev–Trinajstić information content (AvgIpc) is 2.68. The highest BCUT2D eigenvalue weighted by Crippen LogP contribution is 2.16. The molecule has 15 heavy (non-hydrogen) atoms. The summed E-state index contributed by atoms with van der Waals surface area (Å²) in [4.78, 5) is 0. The predicted octanol–water partition coefficient (Wildman–Crippen LogP) is 2.64. The van der Waals surface area contributed by atoms with Crippen molar-refractivity contribution in [2.75, 3.05) is 13.2 Å². The summed E-state index contributed by atoms with van der Waals surface area (Å²) in [5, 5.41) is 4.38. The molecule has 0 unspecified atom stereocenters. The van der Waals surface area contributed by atoms with Crippen molar-refractivity contribution in [3.63, 3.8) is 0 Å². The van der Waals surface area contributed by atoms with Gasteiger partial charge >= 0.3 is 0 Å². The lowest BCUT2D eigenvalue weighted by atomic mass is 10.0. The van der Waals surface area contributed by atoms with E-state index >= 15 is 0 Å². The van der Waals surface area contributed by atoms with Gasteiger partial charge in [-0.1, -0.05) is 13.8 Å². The van der Waals surface area contributed by atoms with Crippen LogP contribution in [0, 0.1) is 12.8 Å². The van der Waals surface area contributed by atoms with Crippen molar-refractivity contribution in [1.82, 2.24) is 9.78 Å². The molecule has 0 spiro atoms. The molecule has 0 aliphatic carbocycles.